The van der Waals surface area contributed by atoms with Crippen LogP contribution in [0.25, 0.3) is 10.9 Å². The average Bonchev–Trinajstić information content (AvgIpc) is 2.88. The van der Waals surface area contributed by atoms with E-state index in [9.17, 15) is 5.26 Å². The minimum atomic E-state index is 0.361. The molecule has 37 heavy (non-hydrogen) atoms. The summed E-state index contributed by atoms with van der Waals surface area (Å²) in [5.74, 6) is 1.65. The van der Waals surface area contributed by atoms with Gasteiger partial charge in [-0.2, -0.15) is 5.26 Å². The van der Waals surface area contributed by atoms with Crippen LogP contribution < -0.4 is 20.1 Å². The Morgan fingerprint density at radius 1 is 1.08 bits per heavy atom. The van der Waals surface area contributed by atoms with Crippen LogP contribution in [-0.4, -0.2) is 23.6 Å². The monoisotopic (exact) mass is 515 g/mol. The van der Waals surface area contributed by atoms with Crippen molar-refractivity contribution in [2.45, 2.75) is 40.2 Å². The van der Waals surface area contributed by atoms with E-state index < -0.39 is 0 Å². The number of nitrogens with zero attached hydrogens (tertiary/aromatic N) is 3. The number of hydrogen-bond donors (Lipinski definition) is 2. The molecule has 0 atom stereocenters. The van der Waals surface area contributed by atoms with Crippen LogP contribution in [0.2, 0.25) is 5.02 Å². The lowest BCUT2D eigenvalue weighted by molar-refractivity contribution is 0.306. The van der Waals surface area contributed by atoms with Gasteiger partial charge in [-0.1, -0.05) is 31.5 Å². The number of aryl methyl sites for hydroxylation is 1. The Bertz CT molecular complexity index is 1460. The van der Waals surface area contributed by atoms with E-state index in [1.165, 1.54) is 0 Å². The van der Waals surface area contributed by atoms with Crippen molar-refractivity contribution in [3.8, 4) is 17.6 Å². The first-order valence-electron chi connectivity index (χ1n) is 12.2. The average molecular weight is 516 g/mol. The number of pyridine rings is 2. The maximum atomic E-state index is 9.90. The molecule has 8 heteroatoms. The summed E-state index contributed by atoms with van der Waals surface area (Å²) in [5, 5.41) is 17.7. The van der Waals surface area contributed by atoms with E-state index in [2.05, 4.69) is 40.5 Å². The van der Waals surface area contributed by atoms with Gasteiger partial charge in [0.1, 0.15) is 24.2 Å². The Labute approximate surface area is 222 Å². The number of hydrogen-bond acceptors (Lipinski definition) is 7. The smallest absolute Gasteiger partial charge is 0.144 e. The number of ether oxygens (including phenoxy) is 2. The SMILES string of the molecule is CCOc1cc2nc(C)c(C#N)c(Nc3ccc(OCc4ccc(C(C)C)nc4)c(Cl)c3)c2cc1NC. The van der Waals surface area contributed by atoms with E-state index in [4.69, 9.17) is 21.1 Å². The topological polar surface area (TPSA) is 92.1 Å². The molecule has 4 aromatic rings. The van der Waals surface area contributed by atoms with E-state index in [1.54, 1.807) is 6.07 Å². The minimum absolute atomic E-state index is 0.361. The van der Waals surface area contributed by atoms with Gasteiger partial charge in [-0.15, -0.1) is 0 Å². The summed E-state index contributed by atoms with van der Waals surface area (Å²) in [6.45, 7) is 8.88. The molecule has 2 N–H and O–H groups in total. The maximum absolute atomic E-state index is 9.90. The Balaban J connectivity index is 1.62. The van der Waals surface area contributed by atoms with Crippen molar-refractivity contribution in [3.63, 3.8) is 0 Å². The highest BCUT2D eigenvalue weighted by Crippen LogP contribution is 2.38. The number of nitrogens with one attached hydrogen (secondary N) is 2. The molecule has 0 saturated heterocycles. The van der Waals surface area contributed by atoms with Crippen LogP contribution >= 0.6 is 11.6 Å². The molecule has 0 spiro atoms. The molecule has 0 fully saturated rings. The molecule has 4 rings (SSSR count). The van der Waals surface area contributed by atoms with Gasteiger partial charge >= 0.3 is 0 Å². The van der Waals surface area contributed by atoms with E-state index in [0.717, 1.165) is 33.5 Å². The maximum Gasteiger partial charge on any atom is 0.144 e. The first-order chi connectivity index (χ1) is 17.8. The van der Waals surface area contributed by atoms with Crippen molar-refractivity contribution in [3.05, 3.63) is 76.2 Å². The fourth-order valence-corrected chi connectivity index (χ4v) is 4.25. The van der Waals surface area contributed by atoms with Gasteiger partial charge < -0.3 is 20.1 Å². The summed E-state index contributed by atoms with van der Waals surface area (Å²) in [6.07, 6.45) is 1.83. The van der Waals surface area contributed by atoms with Crippen molar-refractivity contribution < 1.29 is 9.47 Å². The largest absolute Gasteiger partial charge is 0.492 e. The Kier molecular flexibility index (Phi) is 8.00. The number of aromatic nitrogens is 2. The summed E-state index contributed by atoms with van der Waals surface area (Å²) in [5.41, 5.74) is 6.02. The number of nitriles is 1. The molecule has 2 aromatic carbocycles. The highest BCUT2D eigenvalue weighted by Gasteiger charge is 2.17. The summed E-state index contributed by atoms with van der Waals surface area (Å²) in [4.78, 5) is 9.13. The third-order valence-electron chi connectivity index (χ3n) is 5.98. The molecule has 0 saturated carbocycles. The lowest BCUT2D eigenvalue weighted by atomic mass is 10.0. The second-order valence-electron chi connectivity index (χ2n) is 8.91. The summed E-state index contributed by atoms with van der Waals surface area (Å²) >= 11 is 6.57. The van der Waals surface area contributed by atoms with Crippen LogP contribution in [0.15, 0.2) is 48.7 Å². The third kappa shape index (κ3) is 5.71. The molecule has 0 radical (unpaired) electrons. The number of anilines is 3. The lowest BCUT2D eigenvalue weighted by Gasteiger charge is -2.17. The van der Waals surface area contributed by atoms with Crippen molar-refractivity contribution in [2.75, 3.05) is 24.3 Å². The van der Waals surface area contributed by atoms with Gasteiger partial charge in [0.15, 0.2) is 0 Å². The third-order valence-corrected chi connectivity index (χ3v) is 6.28. The number of benzene rings is 2. The number of halogens is 1. The highest BCUT2D eigenvalue weighted by molar-refractivity contribution is 6.32. The molecule has 0 unspecified atom stereocenters. The van der Waals surface area contributed by atoms with Crippen LogP contribution in [0, 0.1) is 18.3 Å². The quantitative estimate of drug-likeness (QED) is 0.240. The fraction of sp³-hybridized carbons (Fsp3) is 0.276. The van der Waals surface area contributed by atoms with Crippen molar-refractivity contribution in [1.29, 1.82) is 5.26 Å². The zero-order chi connectivity index (χ0) is 26.5. The predicted octanol–water partition coefficient (Wildman–Crippen LogP) is 7.35. The van der Waals surface area contributed by atoms with Crippen LogP contribution in [0.1, 0.15) is 49.2 Å². The summed E-state index contributed by atoms with van der Waals surface area (Å²) in [6, 6.07) is 15.6. The van der Waals surface area contributed by atoms with Gasteiger partial charge in [0.25, 0.3) is 0 Å². The molecule has 0 aliphatic heterocycles. The summed E-state index contributed by atoms with van der Waals surface area (Å²) < 4.78 is 11.7. The van der Waals surface area contributed by atoms with Crippen molar-refractivity contribution in [1.82, 2.24) is 9.97 Å². The van der Waals surface area contributed by atoms with Gasteiger partial charge in [0, 0.05) is 41.6 Å². The number of fused-ring (bicyclic) bond motifs is 1. The first kappa shape index (κ1) is 26.1. The van der Waals surface area contributed by atoms with Crippen LogP contribution in [-0.2, 0) is 6.61 Å². The van der Waals surface area contributed by atoms with E-state index in [0.29, 0.717) is 52.6 Å². The molecule has 190 valence electrons. The van der Waals surface area contributed by atoms with Gasteiger partial charge in [-0.05, 0) is 50.1 Å². The zero-order valence-electron chi connectivity index (χ0n) is 21.6. The first-order valence-corrected chi connectivity index (χ1v) is 12.6. The molecular weight excluding hydrogens is 486 g/mol. The van der Waals surface area contributed by atoms with Gasteiger partial charge in [0.2, 0.25) is 0 Å². The van der Waals surface area contributed by atoms with Crippen molar-refractivity contribution in [2.24, 2.45) is 0 Å². The molecular formula is C29H30ClN5O2. The van der Waals surface area contributed by atoms with E-state index >= 15 is 0 Å². The van der Waals surface area contributed by atoms with Crippen LogP contribution in [0.3, 0.4) is 0 Å². The minimum Gasteiger partial charge on any atom is -0.492 e. The molecule has 0 aliphatic carbocycles. The molecule has 0 aliphatic rings. The Morgan fingerprint density at radius 3 is 2.51 bits per heavy atom. The van der Waals surface area contributed by atoms with Crippen molar-refractivity contribution >= 4 is 39.6 Å². The highest BCUT2D eigenvalue weighted by atomic mass is 35.5. The molecule has 2 aromatic heterocycles. The second kappa shape index (κ2) is 11.4. The standard InChI is InChI=1S/C29H30ClN5O2/c1-6-36-28-13-25-21(12-26(28)32-5)29(22(14-31)18(4)34-25)35-20-8-10-27(23(30)11-20)37-16-19-7-9-24(17(2)3)33-15-19/h7-13,15,17,32H,6,16H2,1-5H3,(H,34,35). The molecule has 2 heterocycles. The summed E-state index contributed by atoms with van der Waals surface area (Å²) in [7, 11) is 1.83. The normalized spacial score (nSPS) is 10.9. The molecule has 0 amide bonds. The Hall–Kier alpha value is -4.02. The van der Waals surface area contributed by atoms with Gasteiger partial charge in [-0.25, -0.2) is 0 Å². The van der Waals surface area contributed by atoms with Crippen LogP contribution in [0.4, 0.5) is 17.1 Å². The second-order valence-corrected chi connectivity index (χ2v) is 9.32. The molecule has 0 bridgehead atoms. The van der Waals surface area contributed by atoms with Gasteiger partial charge in [0.05, 0.1) is 39.8 Å². The fourth-order valence-electron chi connectivity index (χ4n) is 4.01. The Morgan fingerprint density at radius 2 is 1.89 bits per heavy atom. The zero-order valence-corrected chi connectivity index (χ0v) is 22.4. The van der Waals surface area contributed by atoms with Crippen LogP contribution in [0.5, 0.6) is 11.5 Å². The lowest BCUT2D eigenvalue weighted by Crippen LogP contribution is -2.03. The predicted molar refractivity (Wildman–Crippen MR) is 149 cm³/mol. The van der Waals surface area contributed by atoms with E-state index in [1.807, 2.05) is 63.5 Å². The van der Waals surface area contributed by atoms with Gasteiger partial charge in [-0.3, -0.25) is 9.97 Å². The molecule has 7 nitrogen and oxygen atoms in total. The number of rotatable bonds is 9. The van der Waals surface area contributed by atoms with E-state index in [-0.39, 0.29) is 0 Å².